The Balaban J connectivity index is 2.59. The Hall–Kier alpha value is -2.07. The molecule has 0 aliphatic rings. The van der Waals surface area contributed by atoms with E-state index in [0.29, 0.717) is 34.3 Å². The van der Waals surface area contributed by atoms with Crippen LogP contribution < -0.4 is 9.64 Å². The van der Waals surface area contributed by atoms with Crippen LogP contribution in [0.15, 0.2) is 24.3 Å². The number of rotatable bonds is 4. The van der Waals surface area contributed by atoms with Crippen molar-refractivity contribution in [1.29, 1.82) is 0 Å². The van der Waals surface area contributed by atoms with Crippen LogP contribution in [0, 0.1) is 20.8 Å². The zero-order valence-corrected chi connectivity index (χ0v) is 14.9. The first kappa shape index (κ1) is 17.3. The Kier molecular flexibility index (Phi) is 5.26. The van der Waals surface area contributed by atoms with Crippen molar-refractivity contribution in [3.63, 3.8) is 0 Å². The van der Waals surface area contributed by atoms with Crippen molar-refractivity contribution in [3.8, 4) is 5.88 Å². The number of aromatic nitrogens is 1. The number of halogens is 1. The van der Waals surface area contributed by atoms with Gasteiger partial charge in [0.25, 0.3) is 5.91 Å². The van der Waals surface area contributed by atoms with Gasteiger partial charge in [0.15, 0.2) is 0 Å². The Bertz CT molecular complexity index is 744. The number of pyridine rings is 1. The zero-order valence-electron chi connectivity index (χ0n) is 14.1. The quantitative estimate of drug-likeness (QED) is 0.836. The molecule has 1 amide bonds. The number of carbonyl (C=O) groups excluding carboxylic acids is 1. The third-order valence-electron chi connectivity index (χ3n) is 3.88. The van der Waals surface area contributed by atoms with Crippen molar-refractivity contribution >= 4 is 23.2 Å². The number of para-hydroxylation sites is 1. The highest BCUT2D eigenvalue weighted by Crippen LogP contribution is 2.31. The third kappa shape index (κ3) is 3.17. The Morgan fingerprint density at radius 2 is 1.91 bits per heavy atom. The van der Waals surface area contributed by atoms with Crippen LogP contribution in [0.3, 0.4) is 0 Å². The van der Waals surface area contributed by atoms with E-state index < -0.39 is 0 Å². The van der Waals surface area contributed by atoms with E-state index in [9.17, 15) is 4.79 Å². The van der Waals surface area contributed by atoms with E-state index >= 15 is 0 Å². The Labute approximate surface area is 142 Å². The molecule has 2 rings (SSSR count). The number of benzene rings is 1. The van der Waals surface area contributed by atoms with E-state index in [1.54, 1.807) is 11.8 Å². The number of methoxy groups -OCH3 is 1. The van der Waals surface area contributed by atoms with Crippen LogP contribution in [0.5, 0.6) is 5.88 Å². The van der Waals surface area contributed by atoms with Gasteiger partial charge in [-0.3, -0.25) is 4.79 Å². The molecule has 0 spiro atoms. The van der Waals surface area contributed by atoms with Crippen molar-refractivity contribution < 1.29 is 9.53 Å². The van der Waals surface area contributed by atoms with Gasteiger partial charge in [-0.05, 0) is 44.9 Å². The maximum atomic E-state index is 13.1. The fraction of sp³-hybridized carbons (Fsp3) is 0.333. The fourth-order valence-corrected chi connectivity index (χ4v) is 2.76. The molecule has 5 heteroatoms. The predicted molar refractivity (Wildman–Crippen MR) is 93.8 cm³/mol. The summed E-state index contributed by atoms with van der Waals surface area (Å²) in [6.07, 6.45) is 0. The summed E-state index contributed by atoms with van der Waals surface area (Å²) in [4.78, 5) is 19.2. The molecular weight excluding hydrogens is 312 g/mol. The van der Waals surface area contributed by atoms with Gasteiger partial charge in [0, 0.05) is 12.2 Å². The van der Waals surface area contributed by atoms with Crippen LogP contribution in [0.25, 0.3) is 0 Å². The first-order chi connectivity index (χ1) is 10.9. The van der Waals surface area contributed by atoms with E-state index in [2.05, 4.69) is 4.98 Å². The van der Waals surface area contributed by atoms with Gasteiger partial charge in [-0.25, -0.2) is 4.98 Å². The highest BCUT2D eigenvalue weighted by atomic mass is 35.5. The van der Waals surface area contributed by atoms with E-state index in [1.165, 1.54) is 7.11 Å². The second kappa shape index (κ2) is 7.01. The van der Waals surface area contributed by atoms with Gasteiger partial charge in [-0.1, -0.05) is 29.8 Å². The van der Waals surface area contributed by atoms with E-state index in [0.717, 1.165) is 11.3 Å². The summed E-state index contributed by atoms with van der Waals surface area (Å²) in [5.74, 6) is 0.145. The molecule has 0 unspecified atom stereocenters. The molecule has 1 heterocycles. The minimum Gasteiger partial charge on any atom is -0.480 e. The van der Waals surface area contributed by atoms with Crippen molar-refractivity contribution in [1.82, 2.24) is 4.98 Å². The number of aryl methyl sites for hydroxylation is 2. The van der Waals surface area contributed by atoms with Gasteiger partial charge in [0.2, 0.25) is 5.88 Å². The molecule has 23 heavy (non-hydrogen) atoms. The van der Waals surface area contributed by atoms with E-state index in [-0.39, 0.29) is 5.91 Å². The Morgan fingerprint density at radius 1 is 1.26 bits per heavy atom. The molecule has 4 nitrogen and oxygen atoms in total. The maximum Gasteiger partial charge on any atom is 0.264 e. The summed E-state index contributed by atoms with van der Waals surface area (Å²) in [5.41, 5.74) is 3.65. The average molecular weight is 333 g/mol. The largest absolute Gasteiger partial charge is 0.480 e. The SMILES string of the molecule is CCN(C(=O)c1c(OC)nc(C)c(Cl)c1C)c1ccccc1C. The molecule has 2 aromatic rings. The molecule has 0 radical (unpaired) electrons. The van der Waals surface area contributed by atoms with E-state index in [1.807, 2.05) is 45.0 Å². The van der Waals surface area contributed by atoms with Crippen molar-refractivity contribution in [3.05, 3.63) is 51.7 Å². The smallest absolute Gasteiger partial charge is 0.264 e. The minimum absolute atomic E-state index is 0.162. The lowest BCUT2D eigenvalue weighted by molar-refractivity contribution is 0.0984. The summed E-state index contributed by atoms with van der Waals surface area (Å²) in [7, 11) is 1.51. The number of carbonyl (C=O) groups is 1. The van der Waals surface area contributed by atoms with Gasteiger partial charge < -0.3 is 9.64 Å². The van der Waals surface area contributed by atoms with Crippen molar-refractivity contribution in [2.24, 2.45) is 0 Å². The molecule has 0 aliphatic carbocycles. The van der Waals surface area contributed by atoms with Gasteiger partial charge in [0.05, 0.1) is 17.8 Å². The molecular formula is C18H21ClN2O2. The zero-order chi connectivity index (χ0) is 17.1. The summed E-state index contributed by atoms with van der Waals surface area (Å²) in [6.45, 7) is 8.08. The second-order valence-corrected chi connectivity index (χ2v) is 5.73. The van der Waals surface area contributed by atoms with Gasteiger partial charge >= 0.3 is 0 Å². The Morgan fingerprint density at radius 3 is 2.48 bits per heavy atom. The number of amides is 1. The number of nitrogens with zero attached hydrogens (tertiary/aromatic N) is 2. The molecule has 0 atom stereocenters. The molecule has 1 aromatic heterocycles. The second-order valence-electron chi connectivity index (χ2n) is 5.36. The number of hydrogen-bond donors (Lipinski definition) is 0. The topological polar surface area (TPSA) is 42.4 Å². The molecule has 0 saturated carbocycles. The van der Waals surface area contributed by atoms with Gasteiger partial charge in [0.1, 0.15) is 5.56 Å². The van der Waals surface area contributed by atoms with Crippen LogP contribution in [0.4, 0.5) is 5.69 Å². The molecule has 122 valence electrons. The van der Waals surface area contributed by atoms with Crippen molar-refractivity contribution in [2.75, 3.05) is 18.6 Å². The minimum atomic E-state index is -0.162. The normalized spacial score (nSPS) is 10.5. The fourth-order valence-electron chi connectivity index (χ4n) is 2.62. The van der Waals surface area contributed by atoms with Crippen LogP contribution in [0.1, 0.15) is 34.1 Å². The van der Waals surface area contributed by atoms with Crippen LogP contribution in [0.2, 0.25) is 5.02 Å². The van der Waals surface area contributed by atoms with Crippen molar-refractivity contribution in [2.45, 2.75) is 27.7 Å². The van der Waals surface area contributed by atoms with Crippen LogP contribution >= 0.6 is 11.6 Å². The standard InChI is InChI=1S/C18H21ClN2O2/c1-6-21(14-10-8-7-9-11(14)2)18(22)15-12(3)16(19)13(4)20-17(15)23-5/h7-10H,6H2,1-5H3. The van der Waals surface area contributed by atoms with E-state index in [4.69, 9.17) is 16.3 Å². The number of anilines is 1. The summed E-state index contributed by atoms with van der Waals surface area (Å²) < 4.78 is 5.33. The van der Waals surface area contributed by atoms with Gasteiger partial charge in [-0.2, -0.15) is 0 Å². The van der Waals surface area contributed by atoms with Crippen LogP contribution in [-0.4, -0.2) is 24.5 Å². The predicted octanol–water partition coefficient (Wildman–Crippen LogP) is 4.34. The summed E-state index contributed by atoms with van der Waals surface area (Å²) >= 11 is 6.29. The molecule has 0 bridgehead atoms. The van der Waals surface area contributed by atoms with Crippen LogP contribution in [-0.2, 0) is 0 Å². The lowest BCUT2D eigenvalue weighted by Crippen LogP contribution is -2.32. The lowest BCUT2D eigenvalue weighted by atomic mass is 10.1. The summed E-state index contributed by atoms with van der Waals surface area (Å²) in [6, 6.07) is 7.79. The average Bonchev–Trinajstić information content (AvgIpc) is 2.54. The third-order valence-corrected chi connectivity index (χ3v) is 4.44. The lowest BCUT2D eigenvalue weighted by Gasteiger charge is -2.25. The molecule has 0 aliphatic heterocycles. The first-order valence-corrected chi connectivity index (χ1v) is 7.88. The molecule has 0 saturated heterocycles. The molecule has 1 aromatic carbocycles. The van der Waals surface area contributed by atoms with Gasteiger partial charge in [-0.15, -0.1) is 0 Å². The number of ether oxygens (including phenoxy) is 1. The highest BCUT2D eigenvalue weighted by molar-refractivity contribution is 6.32. The first-order valence-electron chi connectivity index (χ1n) is 7.50. The number of hydrogen-bond acceptors (Lipinski definition) is 3. The summed E-state index contributed by atoms with van der Waals surface area (Å²) in [5, 5.41) is 0.495. The monoisotopic (exact) mass is 332 g/mol. The highest BCUT2D eigenvalue weighted by Gasteiger charge is 2.26. The maximum absolute atomic E-state index is 13.1. The molecule has 0 fully saturated rings. The molecule has 0 N–H and O–H groups in total.